The number of ether oxygens (including phenoxy) is 1. The maximum absolute atomic E-state index is 12.6. The van der Waals surface area contributed by atoms with E-state index in [0.29, 0.717) is 13.2 Å². The monoisotopic (exact) mass is 417 g/mol. The number of halogens is 1. The highest BCUT2D eigenvalue weighted by molar-refractivity contribution is 7.89. The molecule has 0 aliphatic carbocycles. The summed E-state index contributed by atoms with van der Waals surface area (Å²) in [4.78, 5) is 23.9. The second-order valence-electron chi connectivity index (χ2n) is 6.22. The summed E-state index contributed by atoms with van der Waals surface area (Å²) in [6.45, 7) is 4.51. The highest BCUT2D eigenvalue weighted by atomic mass is 35.5. The maximum Gasteiger partial charge on any atom is 0.251 e. The molecule has 3 N–H and O–H groups in total. The molecule has 2 atom stereocenters. The summed E-state index contributed by atoms with van der Waals surface area (Å²) >= 11 is 6.03. The van der Waals surface area contributed by atoms with E-state index in [2.05, 4.69) is 15.4 Å². The largest absolute Gasteiger partial charge is 0.377 e. The summed E-state index contributed by atoms with van der Waals surface area (Å²) in [7, 11) is -3.91. The molecule has 1 aliphatic heterocycles. The molecule has 0 unspecified atom stereocenters. The first-order valence-corrected chi connectivity index (χ1v) is 10.6. The Balaban J connectivity index is 2.12. The Bertz CT molecular complexity index is 794. The Kier molecular flexibility index (Phi) is 7.60. The van der Waals surface area contributed by atoms with Gasteiger partial charge in [0.15, 0.2) is 0 Å². The van der Waals surface area contributed by atoms with Crippen molar-refractivity contribution in [1.29, 1.82) is 0 Å². The average molecular weight is 418 g/mol. The van der Waals surface area contributed by atoms with Crippen LogP contribution in [0.2, 0.25) is 5.02 Å². The molecule has 1 aromatic carbocycles. The molecule has 1 saturated heterocycles. The van der Waals surface area contributed by atoms with E-state index in [1.165, 1.54) is 18.2 Å². The topological polar surface area (TPSA) is 114 Å². The lowest BCUT2D eigenvalue weighted by Gasteiger charge is -2.15. The van der Waals surface area contributed by atoms with E-state index >= 15 is 0 Å². The van der Waals surface area contributed by atoms with E-state index in [4.69, 9.17) is 16.3 Å². The van der Waals surface area contributed by atoms with Gasteiger partial charge in [0.05, 0.1) is 11.1 Å². The van der Waals surface area contributed by atoms with Crippen LogP contribution in [-0.4, -0.2) is 52.1 Å². The highest BCUT2D eigenvalue weighted by Gasteiger charge is 2.24. The van der Waals surface area contributed by atoms with Gasteiger partial charge < -0.3 is 15.4 Å². The normalized spacial score (nSPS) is 18.1. The molecular formula is C17H24ClN3O5S. The first kappa shape index (κ1) is 21.6. The van der Waals surface area contributed by atoms with Crippen LogP contribution in [-0.2, 0) is 19.6 Å². The van der Waals surface area contributed by atoms with Crippen LogP contribution >= 0.6 is 11.6 Å². The molecular weight excluding hydrogens is 394 g/mol. The molecule has 0 radical (unpaired) electrons. The Hall–Kier alpha value is -1.68. The van der Waals surface area contributed by atoms with Crippen molar-refractivity contribution in [2.24, 2.45) is 0 Å². The predicted octanol–water partition coefficient (Wildman–Crippen LogP) is 1.05. The van der Waals surface area contributed by atoms with Gasteiger partial charge in [-0.3, -0.25) is 9.59 Å². The zero-order valence-corrected chi connectivity index (χ0v) is 16.8. The van der Waals surface area contributed by atoms with Crippen molar-refractivity contribution in [2.45, 2.75) is 43.7 Å². The molecule has 0 spiro atoms. The van der Waals surface area contributed by atoms with Gasteiger partial charge in [-0.05, 0) is 44.9 Å². The van der Waals surface area contributed by atoms with Crippen molar-refractivity contribution >= 4 is 33.4 Å². The van der Waals surface area contributed by atoms with Crippen LogP contribution in [0, 0.1) is 0 Å². The molecule has 1 heterocycles. The van der Waals surface area contributed by atoms with Crippen LogP contribution in [0.5, 0.6) is 0 Å². The molecule has 150 valence electrons. The maximum atomic E-state index is 12.6. The van der Waals surface area contributed by atoms with Gasteiger partial charge in [-0.15, -0.1) is 0 Å². The van der Waals surface area contributed by atoms with Crippen molar-refractivity contribution in [3.63, 3.8) is 0 Å². The average Bonchev–Trinajstić information content (AvgIpc) is 3.14. The van der Waals surface area contributed by atoms with Crippen molar-refractivity contribution in [3.05, 3.63) is 28.8 Å². The van der Waals surface area contributed by atoms with E-state index in [-0.39, 0.29) is 34.0 Å². The number of amides is 2. The van der Waals surface area contributed by atoms with Crippen LogP contribution < -0.4 is 15.4 Å². The smallest absolute Gasteiger partial charge is 0.251 e. The summed E-state index contributed by atoms with van der Waals surface area (Å²) < 4.78 is 33.0. The van der Waals surface area contributed by atoms with Crippen LogP contribution in [0.15, 0.2) is 23.1 Å². The third-order valence-corrected chi connectivity index (χ3v) is 6.00. The lowest BCUT2D eigenvalue weighted by molar-refractivity contribution is -0.122. The van der Waals surface area contributed by atoms with E-state index in [0.717, 1.165) is 12.8 Å². The lowest BCUT2D eigenvalue weighted by atomic mass is 10.2. The first-order valence-electron chi connectivity index (χ1n) is 8.74. The first-order chi connectivity index (χ1) is 12.7. The van der Waals surface area contributed by atoms with Gasteiger partial charge in [0.2, 0.25) is 15.9 Å². The third-order valence-electron chi connectivity index (χ3n) is 4.10. The molecule has 0 saturated carbocycles. The number of hydrogen-bond acceptors (Lipinski definition) is 5. The molecule has 8 nitrogen and oxygen atoms in total. The van der Waals surface area contributed by atoms with Crippen LogP contribution in [0.4, 0.5) is 0 Å². The third kappa shape index (κ3) is 5.90. The minimum Gasteiger partial charge on any atom is -0.377 e. The van der Waals surface area contributed by atoms with Gasteiger partial charge >= 0.3 is 0 Å². The standard InChI is InChI=1S/C17H24ClN3O5S/c1-3-19-16(22)11(2)21-17(23)12-6-7-14(18)15(9-12)27(24,25)20-10-13-5-4-8-26-13/h6-7,9,11,13,20H,3-5,8,10H2,1-2H3,(H,19,22)(H,21,23)/t11-,13-/m1/s1. The fourth-order valence-corrected chi connectivity index (χ4v) is 4.20. The second-order valence-corrected chi connectivity index (χ2v) is 8.36. The summed E-state index contributed by atoms with van der Waals surface area (Å²) in [6.07, 6.45) is 1.52. The fourth-order valence-electron chi connectivity index (χ4n) is 2.61. The lowest BCUT2D eigenvalue weighted by Crippen LogP contribution is -2.44. The fraction of sp³-hybridized carbons (Fsp3) is 0.529. The van der Waals surface area contributed by atoms with Gasteiger partial charge in [-0.1, -0.05) is 11.6 Å². The Morgan fingerprint density at radius 1 is 1.37 bits per heavy atom. The molecule has 10 heteroatoms. The van der Waals surface area contributed by atoms with Gasteiger partial charge in [0.1, 0.15) is 10.9 Å². The number of sulfonamides is 1. The number of hydrogen-bond donors (Lipinski definition) is 3. The van der Waals surface area contributed by atoms with E-state index in [1.807, 2.05) is 0 Å². The van der Waals surface area contributed by atoms with E-state index in [1.54, 1.807) is 13.8 Å². The summed E-state index contributed by atoms with van der Waals surface area (Å²) in [5, 5.41) is 5.13. The minimum absolute atomic E-state index is 0.00293. The van der Waals surface area contributed by atoms with Crippen LogP contribution in [0.3, 0.4) is 0 Å². The molecule has 1 aromatic rings. The number of nitrogens with one attached hydrogen (secondary N) is 3. The SMILES string of the molecule is CCNC(=O)[C@@H](C)NC(=O)c1ccc(Cl)c(S(=O)(=O)NC[C@H]2CCCO2)c1. The zero-order chi connectivity index (χ0) is 20.0. The molecule has 2 rings (SSSR count). The van der Waals surface area contributed by atoms with E-state index in [9.17, 15) is 18.0 Å². The number of benzene rings is 1. The van der Waals surface area contributed by atoms with Crippen LogP contribution in [0.25, 0.3) is 0 Å². The zero-order valence-electron chi connectivity index (χ0n) is 15.2. The molecule has 0 aromatic heterocycles. The Morgan fingerprint density at radius 2 is 2.11 bits per heavy atom. The molecule has 1 fully saturated rings. The number of carbonyl (C=O) groups is 2. The number of rotatable bonds is 8. The number of carbonyl (C=O) groups excluding carboxylic acids is 2. The second kappa shape index (κ2) is 9.50. The van der Waals surface area contributed by atoms with Crippen molar-refractivity contribution in [2.75, 3.05) is 19.7 Å². The van der Waals surface area contributed by atoms with Gasteiger partial charge in [0.25, 0.3) is 5.91 Å². The van der Waals surface area contributed by atoms with Crippen LogP contribution in [0.1, 0.15) is 37.0 Å². The molecule has 2 amide bonds. The molecule has 0 bridgehead atoms. The Labute approximate surface area is 164 Å². The summed E-state index contributed by atoms with van der Waals surface area (Å²) in [5.41, 5.74) is 0.0908. The Morgan fingerprint density at radius 3 is 2.74 bits per heavy atom. The quantitative estimate of drug-likeness (QED) is 0.585. The molecule has 27 heavy (non-hydrogen) atoms. The van der Waals surface area contributed by atoms with Gasteiger partial charge in [0, 0.05) is 25.3 Å². The minimum atomic E-state index is -3.91. The highest BCUT2D eigenvalue weighted by Crippen LogP contribution is 2.23. The summed E-state index contributed by atoms with van der Waals surface area (Å²) in [5.74, 6) is -0.896. The van der Waals surface area contributed by atoms with Crippen molar-refractivity contribution < 1.29 is 22.7 Å². The van der Waals surface area contributed by atoms with E-state index < -0.39 is 22.0 Å². The summed E-state index contributed by atoms with van der Waals surface area (Å²) in [6, 6.07) is 3.18. The van der Waals surface area contributed by atoms with Crippen molar-refractivity contribution in [1.82, 2.24) is 15.4 Å². The van der Waals surface area contributed by atoms with Gasteiger partial charge in [-0.25, -0.2) is 13.1 Å². The van der Waals surface area contributed by atoms with Gasteiger partial charge in [-0.2, -0.15) is 0 Å². The van der Waals surface area contributed by atoms with Crippen molar-refractivity contribution in [3.8, 4) is 0 Å². The number of likely N-dealkylation sites (N-methyl/N-ethyl adjacent to an activating group) is 1. The molecule has 1 aliphatic rings. The predicted molar refractivity (Wildman–Crippen MR) is 101 cm³/mol.